The van der Waals surface area contributed by atoms with Crippen LogP contribution in [0.4, 0.5) is 0 Å². The fourth-order valence-corrected chi connectivity index (χ4v) is 2.66. The third-order valence-corrected chi connectivity index (χ3v) is 3.77. The van der Waals surface area contributed by atoms with Crippen molar-refractivity contribution in [2.75, 3.05) is 26.4 Å². The van der Waals surface area contributed by atoms with Crippen molar-refractivity contribution in [1.82, 2.24) is 5.32 Å². The summed E-state index contributed by atoms with van der Waals surface area (Å²) < 4.78 is 11.1. The van der Waals surface area contributed by atoms with Crippen molar-refractivity contribution in [3.63, 3.8) is 0 Å². The molecule has 2 spiro atoms. The molecule has 3 heteroatoms. The minimum Gasteiger partial charge on any atom is -0.372 e. The molecule has 0 bridgehead atoms. The van der Waals surface area contributed by atoms with Gasteiger partial charge in [-0.05, 0) is 12.8 Å². The number of hydrogen-bond acceptors (Lipinski definition) is 3. The molecule has 2 saturated heterocycles. The highest BCUT2D eigenvalue weighted by Gasteiger charge is 2.48. The molecule has 0 atom stereocenters. The van der Waals surface area contributed by atoms with E-state index in [0.717, 1.165) is 26.4 Å². The zero-order chi connectivity index (χ0) is 8.78. The summed E-state index contributed by atoms with van der Waals surface area (Å²) >= 11 is 0. The zero-order valence-corrected chi connectivity index (χ0v) is 7.97. The van der Waals surface area contributed by atoms with Crippen LogP contribution in [-0.4, -0.2) is 32.1 Å². The number of ether oxygens (including phenoxy) is 2. The lowest BCUT2D eigenvalue weighted by molar-refractivity contribution is -0.259. The molecule has 0 aromatic carbocycles. The van der Waals surface area contributed by atoms with E-state index >= 15 is 0 Å². The van der Waals surface area contributed by atoms with E-state index in [0.29, 0.717) is 5.41 Å². The van der Waals surface area contributed by atoms with Crippen molar-refractivity contribution >= 4 is 0 Å². The Morgan fingerprint density at radius 3 is 2.23 bits per heavy atom. The lowest BCUT2D eigenvalue weighted by atomic mass is 9.85. The Kier molecular flexibility index (Phi) is 1.70. The maximum absolute atomic E-state index is 5.90. The molecule has 3 fully saturated rings. The molecular weight excluding hydrogens is 166 g/mol. The van der Waals surface area contributed by atoms with E-state index in [9.17, 15) is 0 Å². The fourth-order valence-electron chi connectivity index (χ4n) is 2.66. The monoisotopic (exact) mass is 183 g/mol. The first kappa shape index (κ1) is 8.21. The van der Waals surface area contributed by atoms with Crippen LogP contribution < -0.4 is 5.32 Å². The average molecular weight is 183 g/mol. The van der Waals surface area contributed by atoms with Gasteiger partial charge in [-0.15, -0.1) is 0 Å². The highest BCUT2D eigenvalue weighted by atomic mass is 16.6. The van der Waals surface area contributed by atoms with E-state index in [2.05, 4.69) is 5.32 Å². The van der Waals surface area contributed by atoms with Crippen LogP contribution in [0.15, 0.2) is 0 Å². The summed E-state index contributed by atoms with van der Waals surface area (Å²) in [7, 11) is 0. The van der Waals surface area contributed by atoms with Gasteiger partial charge in [-0.3, -0.25) is 5.32 Å². The van der Waals surface area contributed by atoms with Crippen LogP contribution in [0.5, 0.6) is 0 Å². The molecule has 3 aliphatic rings. The maximum Gasteiger partial charge on any atom is 0.166 e. The van der Waals surface area contributed by atoms with Crippen molar-refractivity contribution < 1.29 is 9.47 Å². The quantitative estimate of drug-likeness (QED) is 0.605. The summed E-state index contributed by atoms with van der Waals surface area (Å²) in [6, 6.07) is 0. The molecule has 74 valence electrons. The second-order valence-electron chi connectivity index (χ2n) is 4.84. The van der Waals surface area contributed by atoms with E-state index in [1.807, 2.05) is 0 Å². The first-order chi connectivity index (χ1) is 6.33. The van der Waals surface area contributed by atoms with Gasteiger partial charge in [0.2, 0.25) is 0 Å². The highest BCUT2D eigenvalue weighted by molar-refractivity contribution is 4.97. The molecule has 2 aliphatic heterocycles. The smallest absolute Gasteiger partial charge is 0.166 e. The van der Waals surface area contributed by atoms with Gasteiger partial charge in [-0.1, -0.05) is 12.8 Å². The van der Waals surface area contributed by atoms with E-state index in [-0.39, 0.29) is 5.72 Å². The molecule has 2 heterocycles. The molecule has 0 aromatic heterocycles. The molecule has 13 heavy (non-hydrogen) atoms. The van der Waals surface area contributed by atoms with Gasteiger partial charge >= 0.3 is 0 Å². The molecule has 3 rings (SSSR count). The molecule has 0 radical (unpaired) electrons. The average Bonchev–Trinajstić information content (AvgIpc) is 2.53. The van der Waals surface area contributed by atoms with E-state index < -0.39 is 0 Å². The van der Waals surface area contributed by atoms with Gasteiger partial charge in [-0.2, -0.15) is 0 Å². The first-order valence-electron chi connectivity index (χ1n) is 5.30. The van der Waals surface area contributed by atoms with Gasteiger partial charge in [0.25, 0.3) is 0 Å². The van der Waals surface area contributed by atoms with Crippen LogP contribution in [0.3, 0.4) is 0 Å². The van der Waals surface area contributed by atoms with Gasteiger partial charge < -0.3 is 9.47 Å². The Labute approximate surface area is 78.8 Å². The summed E-state index contributed by atoms with van der Waals surface area (Å²) in [4.78, 5) is 0. The summed E-state index contributed by atoms with van der Waals surface area (Å²) in [5.74, 6) is 0. The van der Waals surface area contributed by atoms with Crippen molar-refractivity contribution in [3.05, 3.63) is 0 Å². The third kappa shape index (κ3) is 1.22. The van der Waals surface area contributed by atoms with Gasteiger partial charge in [-0.25, -0.2) is 0 Å². The number of rotatable bonds is 0. The maximum atomic E-state index is 5.90. The molecule has 1 saturated carbocycles. The minimum absolute atomic E-state index is 0.0894. The van der Waals surface area contributed by atoms with Crippen molar-refractivity contribution in [2.45, 2.75) is 31.4 Å². The summed E-state index contributed by atoms with van der Waals surface area (Å²) in [6.07, 6.45) is 5.46. The van der Waals surface area contributed by atoms with Crippen LogP contribution in [0.2, 0.25) is 0 Å². The fraction of sp³-hybridized carbons (Fsp3) is 1.00. The van der Waals surface area contributed by atoms with Crippen molar-refractivity contribution in [1.29, 1.82) is 0 Å². The number of hydrogen-bond donors (Lipinski definition) is 1. The Balaban J connectivity index is 1.66. The van der Waals surface area contributed by atoms with Crippen LogP contribution in [-0.2, 0) is 9.47 Å². The van der Waals surface area contributed by atoms with Crippen LogP contribution in [0, 0.1) is 5.41 Å². The molecule has 0 amide bonds. The lowest BCUT2D eigenvalue weighted by Gasteiger charge is -2.49. The minimum atomic E-state index is -0.0894. The highest BCUT2D eigenvalue weighted by Crippen LogP contribution is 2.42. The van der Waals surface area contributed by atoms with Crippen LogP contribution in [0.25, 0.3) is 0 Å². The Morgan fingerprint density at radius 2 is 1.77 bits per heavy atom. The second kappa shape index (κ2) is 2.69. The lowest BCUT2D eigenvalue weighted by Crippen LogP contribution is -2.68. The predicted molar refractivity (Wildman–Crippen MR) is 48.4 cm³/mol. The molecule has 0 aromatic rings. The Bertz CT molecular complexity index is 195. The van der Waals surface area contributed by atoms with Crippen molar-refractivity contribution in [3.8, 4) is 0 Å². The molecule has 0 unspecified atom stereocenters. The van der Waals surface area contributed by atoms with Gasteiger partial charge in [0.1, 0.15) is 0 Å². The zero-order valence-electron chi connectivity index (χ0n) is 7.97. The van der Waals surface area contributed by atoms with Gasteiger partial charge in [0.05, 0.1) is 19.8 Å². The molecule has 1 aliphatic carbocycles. The molecular formula is C10H17NO2. The van der Waals surface area contributed by atoms with Gasteiger partial charge in [0, 0.05) is 12.0 Å². The molecule has 1 N–H and O–H groups in total. The predicted octanol–water partition coefficient (Wildman–Crippen LogP) is 0.893. The Morgan fingerprint density at radius 1 is 1.00 bits per heavy atom. The second-order valence-corrected chi connectivity index (χ2v) is 4.84. The Hall–Kier alpha value is -0.120. The standard InChI is InChI=1S/C10H17NO2/c1-2-4-9(3-1)5-11-10(13-6-9)7-12-8-10/h11H,1-8H2. The summed E-state index contributed by atoms with van der Waals surface area (Å²) in [6.45, 7) is 3.56. The largest absolute Gasteiger partial charge is 0.372 e. The summed E-state index contributed by atoms with van der Waals surface area (Å²) in [5, 5.41) is 3.52. The van der Waals surface area contributed by atoms with E-state index in [1.54, 1.807) is 0 Å². The first-order valence-corrected chi connectivity index (χ1v) is 5.30. The van der Waals surface area contributed by atoms with Crippen molar-refractivity contribution in [2.24, 2.45) is 5.41 Å². The van der Waals surface area contributed by atoms with E-state index in [4.69, 9.17) is 9.47 Å². The van der Waals surface area contributed by atoms with Crippen LogP contribution >= 0.6 is 0 Å². The van der Waals surface area contributed by atoms with Crippen LogP contribution in [0.1, 0.15) is 25.7 Å². The molecule has 3 nitrogen and oxygen atoms in total. The summed E-state index contributed by atoms with van der Waals surface area (Å²) in [5.41, 5.74) is 0.384. The van der Waals surface area contributed by atoms with E-state index in [1.165, 1.54) is 25.7 Å². The number of nitrogens with one attached hydrogen (secondary N) is 1. The third-order valence-electron chi connectivity index (χ3n) is 3.77. The van der Waals surface area contributed by atoms with Gasteiger partial charge in [0.15, 0.2) is 5.72 Å². The normalized spacial score (nSPS) is 35.1. The topological polar surface area (TPSA) is 30.5 Å². The SMILES string of the molecule is C1CCC2(C1)CNC1(COC1)OC2.